The Morgan fingerprint density at radius 3 is 2.67 bits per heavy atom. The van der Waals surface area contributed by atoms with Crippen molar-refractivity contribution in [3.05, 3.63) is 51.8 Å². The number of aryl methyl sites for hydroxylation is 2. The summed E-state index contributed by atoms with van der Waals surface area (Å²) in [4.78, 5) is 0. The highest BCUT2D eigenvalue weighted by Crippen LogP contribution is 2.32. The van der Waals surface area contributed by atoms with E-state index in [1.807, 2.05) is 6.92 Å². The summed E-state index contributed by atoms with van der Waals surface area (Å²) in [5.41, 5.74) is 0.926. The first-order valence-electron chi connectivity index (χ1n) is 6.82. The predicted octanol–water partition coefficient (Wildman–Crippen LogP) is 3.75. The van der Waals surface area contributed by atoms with Crippen molar-refractivity contribution in [1.29, 1.82) is 0 Å². The van der Waals surface area contributed by atoms with Gasteiger partial charge in [-0.05, 0) is 31.5 Å². The zero-order valence-electron chi connectivity index (χ0n) is 12.3. The average molecular weight is 314 g/mol. The van der Waals surface area contributed by atoms with Crippen LogP contribution in [0.5, 0.6) is 0 Å². The summed E-state index contributed by atoms with van der Waals surface area (Å²) < 4.78 is 30.2. The Labute approximate surface area is 127 Å². The molecule has 0 aliphatic carbocycles. The lowest BCUT2D eigenvalue weighted by atomic mass is 9.99. The summed E-state index contributed by atoms with van der Waals surface area (Å²) in [6.07, 6.45) is 2.31. The molecule has 0 aliphatic rings. The third-order valence-electron chi connectivity index (χ3n) is 3.42. The predicted molar refractivity (Wildman–Crippen MR) is 79.4 cm³/mol. The van der Waals surface area contributed by atoms with Crippen LogP contribution in [0, 0.1) is 18.6 Å². The van der Waals surface area contributed by atoms with Crippen LogP contribution in [0.15, 0.2) is 18.3 Å². The molecule has 0 aliphatic heterocycles. The molecule has 3 nitrogen and oxygen atoms in total. The monoisotopic (exact) mass is 313 g/mol. The fourth-order valence-electron chi connectivity index (χ4n) is 2.31. The average Bonchev–Trinajstić information content (AvgIpc) is 2.78. The minimum Gasteiger partial charge on any atom is -0.305 e. The number of rotatable bonds is 5. The van der Waals surface area contributed by atoms with Crippen molar-refractivity contribution in [2.24, 2.45) is 7.05 Å². The van der Waals surface area contributed by atoms with Crippen LogP contribution in [0.2, 0.25) is 5.02 Å². The minimum absolute atomic E-state index is 0.0195. The molecule has 1 heterocycles. The van der Waals surface area contributed by atoms with Crippen molar-refractivity contribution in [3.63, 3.8) is 0 Å². The molecule has 21 heavy (non-hydrogen) atoms. The zero-order chi connectivity index (χ0) is 15.6. The summed E-state index contributed by atoms with van der Waals surface area (Å²) in [6.45, 7) is 4.21. The van der Waals surface area contributed by atoms with Gasteiger partial charge in [0.1, 0.15) is 11.6 Å². The molecule has 2 aromatic rings. The number of hydrogen-bond acceptors (Lipinski definition) is 2. The SMILES string of the molecule is CCCNC(c1c(F)ccc(C)c1F)c1c(Cl)cnn1C. The highest BCUT2D eigenvalue weighted by molar-refractivity contribution is 6.31. The second-order valence-corrected chi connectivity index (χ2v) is 5.39. The Balaban J connectivity index is 2.59. The zero-order valence-corrected chi connectivity index (χ0v) is 13.0. The van der Waals surface area contributed by atoms with E-state index in [0.29, 0.717) is 22.8 Å². The fourth-order valence-corrected chi connectivity index (χ4v) is 2.59. The fraction of sp³-hybridized carbons (Fsp3) is 0.400. The van der Waals surface area contributed by atoms with E-state index >= 15 is 0 Å². The van der Waals surface area contributed by atoms with Gasteiger partial charge in [0.25, 0.3) is 0 Å². The lowest BCUT2D eigenvalue weighted by Gasteiger charge is -2.21. The Morgan fingerprint density at radius 1 is 1.38 bits per heavy atom. The number of benzene rings is 1. The van der Waals surface area contributed by atoms with Crippen molar-refractivity contribution >= 4 is 11.6 Å². The maximum absolute atomic E-state index is 14.4. The van der Waals surface area contributed by atoms with Crippen molar-refractivity contribution in [2.75, 3.05) is 6.54 Å². The molecule has 1 aromatic heterocycles. The molecule has 0 saturated heterocycles. The smallest absolute Gasteiger partial charge is 0.134 e. The Hall–Kier alpha value is -1.46. The maximum atomic E-state index is 14.4. The lowest BCUT2D eigenvalue weighted by Crippen LogP contribution is -2.27. The molecular formula is C15H18ClF2N3. The van der Waals surface area contributed by atoms with Crippen molar-refractivity contribution in [3.8, 4) is 0 Å². The second kappa shape index (κ2) is 6.54. The highest BCUT2D eigenvalue weighted by Gasteiger charge is 2.27. The first-order valence-corrected chi connectivity index (χ1v) is 7.20. The van der Waals surface area contributed by atoms with Gasteiger partial charge in [-0.1, -0.05) is 24.6 Å². The number of hydrogen-bond donors (Lipinski definition) is 1. The lowest BCUT2D eigenvalue weighted by molar-refractivity contribution is 0.482. The molecule has 1 N–H and O–H groups in total. The molecule has 0 saturated carbocycles. The Kier molecular flexibility index (Phi) is 4.96. The van der Waals surface area contributed by atoms with Gasteiger partial charge in [-0.25, -0.2) is 8.78 Å². The van der Waals surface area contributed by atoms with E-state index in [0.717, 1.165) is 6.42 Å². The first-order chi connectivity index (χ1) is 9.97. The van der Waals surface area contributed by atoms with Gasteiger partial charge in [0, 0.05) is 12.6 Å². The van der Waals surface area contributed by atoms with E-state index < -0.39 is 17.7 Å². The van der Waals surface area contributed by atoms with Crippen LogP contribution in [-0.2, 0) is 7.05 Å². The van der Waals surface area contributed by atoms with Gasteiger partial charge in [-0.3, -0.25) is 4.68 Å². The van der Waals surface area contributed by atoms with E-state index in [4.69, 9.17) is 11.6 Å². The molecule has 0 spiro atoms. The van der Waals surface area contributed by atoms with Crippen LogP contribution in [0.25, 0.3) is 0 Å². The first kappa shape index (κ1) is 15.9. The van der Waals surface area contributed by atoms with Gasteiger partial charge < -0.3 is 5.32 Å². The molecular weight excluding hydrogens is 296 g/mol. The number of nitrogens with zero attached hydrogens (tertiary/aromatic N) is 2. The molecule has 0 amide bonds. The minimum atomic E-state index is -0.676. The van der Waals surface area contributed by atoms with Gasteiger partial charge >= 0.3 is 0 Å². The largest absolute Gasteiger partial charge is 0.305 e. The molecule has 1 unspecified atom stereocenters. The number of halogens is 3. The van der Waals surface area contributed by atoms with Gasteiger partial charge in [-0.2, -0.15) is 5.10 Å². The summed E-state index contributed by atoms with van der Waals surface area (Å²) in [5, 5.41) is 7.59. The van der Waals surface area contributed by atoms with Crippen molar-refractivity contribution < 1.29 is 8.78 Å². The molecule has 2 rings (SSSR count). The van der Waals surface area contributed by atoms with Crippen LogP contribution < -0.4 is 5.32 Å². The van der Waals surface area contributed by atoms with Crippen molar-refractivity contribution in [2.45, 2.75) is 26.3 Å². The molecule has 6 heteroatoms. The molecule has 1 aromatic carbocycles. The molecule has 0 radical (unpaired) electrons. The standard InChI is InChI=1S/C15H18ClF2N3/c1-4-7-19-14(15-10(16)8-20-21(15)3)12-11(17)6-5-9(2)13(12)18/h5-6,8,14,19H,4,7H2,1-3H3. The maximum Gasteiger partial charge on any atom is 0.134 e. The third-order valence-corrected chi connectivity index (χ3v) is 3.71. The van der Waals surface area contributed by atoms with Crippen LogP contribution in [0.1, 0.15) is 36.2 Å². The van der Waals surface area contributed by atoms with E-state index in [1.54, 1.807) is 14.0 Å². The quantitative estimate of drug-likeness (QED) is 0.911. The molecule has 114 valence electrons. The summed E-state index contributed by atoms with van der Waals surface area (Å²) in [6, 6.07) is 2.03. The topological polar surface area (TPSA) is 29.9 Å². The van der Waals surface area contributed by atoms with E-state index in [1.165, 1.54) is 23.0 Å². The summed E-state index contributed by atoms with van der Waals surface area (Å²) in [5.74, 6) is -1.15. The number of nitrogens with one attached hydrogen (secondary N) is 1. The Bertz CT molecular complexity index is 621. The highest BCUT2D eigenvalue weighted by atomic mass is 35.5. The van der Waals surface area contributed by atoms with Gasteiger partial charge in [0.2, 0.25) is 0 Å². The third kappa shape index (κ3) is 3.09. The molecule has 0 fully saturated rings. The van der Waals surface area contributed by atoms with Gasteiger partial charge in [0.05, 0.1) is 23.0 Å². The van der Waals surface area contributed by atoms with Crippen LogP contribution in [-0.4, -0.2) is 16.3 Å². The normalized spacial score (nSPS) is 12.7. The van der Waals surface area contributed by atoms with Gasteiger partial charge in [-0.15, -0.1) is 0 Å². The summed E-state index contributed by atoms with van der Waals surface area (Å²) >= 11 is 6.14. The molecule has 1 atom stereocenters. The second-order valence-electron chi connectivity index (χ2n) is 4.98. The van der Waals surface area contributed by atoms with Crippen LogP contribution in [0.3, 0.4) is 0 Å². The summed E-state index contributed by atoms with van der Waals surface area (Å²) in [7, 11) is 1.70. The van der Waals surface area contributed by atoms with Crippen LogP contribution >= 0.6 is 11.6 Å². The molecule has 0 bridgehead atoms. The number of aromatic nitrogens is 2. The Morgan fingerprint density at radius 2 is 2.10 bits per heavy atom. The van der Waals surface area contributed by atoms with Crippen molar-refractivity contribution in [1.82, 2.24) is 15.1 Å². The van der Waals surface area contributed by atoms with E-state index in [2.05, 4.69) is 10.4 Å². The van der Waals surface area contributed by atoms with E-state index in [-0.39, 0.29) is 5.56 Å². The van der Waals surface area contributed by atoms with Crippen LogP contribution in [0.4, 0.5) is 8.78 Å². The van der Waals surface area contributed by atoms with Gasteiger partial charge in [0.15, 0.2) is 0 Å². The van der Waals surface area contributed by atoms with E-state index in [9.17, 15) is 8.78 Å².